The molecule has 2 aliphatic rings. The third kappa shape index (κ3) is 3.88. The summed E-state index contributed by atoms with van der Waals surface area (Å²) in [6.07, 6.45) is 2.82. The zero-order valence-electron chi connectivity index (χ0n) is 10.7. The molecule has 0 saturated carbocycles. The van der Waals surface area contributed by atoms with Gasteiger partial charge in [0.2, 0.25) is 0 Å². The lowest BCUT2D eigenvalue weighted by Gasteiger charge is -2.36. The number of nitrogens with zero attached hydrogens (tertiary/aromatic N) is 1. The molecule has 2 heterocycles. The van der Waals surface area contributed by atoms with Crippen LogP contribution in [-0.2, 0) is 4.74 Å². The van der Waals surface area contributed by atoms with Crippen LogP contribution >= 0.6 is 12.4 Å². The molecule has 0 bridgehead atoms. The molecule has 2 saturated heterocycles. The van der Waals surface area contributed by atoms with Gasteiger partial charge in [-0.2, -0.15) is 0 Å². The molecule has 2 atom stereocenters. The minimum absolute atomic E-state index is 0. The van der Waals surface area contributed by atoms with E-state index >= 15 is 0 Å². The monoisotopic (exact) mass is 248 g/mol. The summed E-state index contributed by atoms with van der Waals surface area (Å²) < 4.78 is 5.86. The van der Waals surface area contributed by atoms with Gasteiger partial charge in [-0.25, -0.2) is 0 Å². The maximum absolute atomic E-state index is 5.86. The van der Waals surface area contributed by atoms with Gasteiger partial charge >= 0.3 is 0 Å². The van der Waals surface area contributed by atoms with Crippen LogP contribution in [0.25, 0.3) is 0 Å². The fourth-order valence-electron chi connectivity index (χ4n) is 2.50. The van der Waals surface area contributed by atoms with Gasteiger partial charge in [-0.3, -0.25) is 5.32 Å². The summed E-state index contributed by atoms with van der Waals surface area (Å²) in [4.78, 5) is 2.41. The Kier molecular flexibility index (Phi) is 5.05. The molecular formula is C12H25ClN2O. The number of ether oxygens (including phenoxy) is 1. The zero-order chi connectivity index (χ0) is 10.9. The zero-order valence-corrected chi connectivity index (χ0v) is 11.5. The molecule has 4 heteroatoms. The number of rotatable bonds is 2. The number of nitrogens with one attached hydrogen (secondary N) is 1. The van der Waals surface area contributed by atoms with E-state index in [1.165, 1.54) is 25.9 Å². The Labute approximate surface area is 105 Å². The Morgan fingerprint density at radius 3 is 2.69 bits per heavy atom. The minimum Gasteiger partial charge on any atom is -0.363 e. The molecule has 0 aromatic carbocycles. The van der Waals surface area contributed by atoms with E-state index in [9.17, 15) is 0 Å². The Morgan fingerprint density at radius 1 is 1.44 bits per heavy atom. The Balaban J connectivity index is 0.00000128. The summed E-state index contributed by atoms with van der Waals surface area (Å²) in [7, 11) is 2.21. The summed E-state index contributed by atoms with van der Waals surface area (Å²) in [5.74, 6) is 0.828. The molecule has 0 aromatic rings. The van der Waals surface area contributed by atoms with Crippen molar-refractivity contribution in [2.75, 3.05) is 33.3 Å². The van der Waals surface area contributed by atoms with Crippen molar-refractivity contribution >= 4 is 12.4 Å². The van der Waals surface area contributed by atoms with Crippen LogP contribution in [0.2, 0.25) is 0 Å². The first-order chi connectivity index (χ1) is 7.05. The number of hydrogen-bond acceptors (Lipinski definition) is 3. The molecule has 0 spiro atoms. The quantitative estimate of drug-likeness (QED) is 0.806. The average Bonchev–Trinajstić information content (AvgIpc) is 2.55. The molecule has 1 N–H and O–H groups in total. The normalized spacial score (nSPS) is 34.7. The van der Waals surface area contributed by atoms with Crippen molar-refractivity contribution in [1.29, 1.82) is 0 Å². The Bertz CT molecular complexity index is 213. The van der Waals surface area contributed by atoms with Crippen molar-refractivity contribution < 1.29 is 4.74 Å². The lowest BCUT2D eigenvalue weighted by atomic mass is 9.92. The average molecular weight is 249 g/mol. The molecule has 0 amide bonds. The van der Waals surface area contributed by atoms with E-state index in [1.54, 1.807) is 0 Å². The first-order valence-corrected chi connectivity index (χ1v) is 6.09. The van der Waals surface area contributed by atoms with Crippen LogP contribution in [-0.4, -0.2) is 44.4 Å². The molecule has 2 fully saturated rings. The first-order valence-electron chi connectivity index (χ1n) is 6.09. The van der Waals surface area contributed by atoms with Gasteiger partial charge in [0.05, 0.1) is 6.61 Å². The first kappa shape index (κ1) is 14.2. The highest BCUT2D eigenvalue weighted by Gasteiger charge is 2.30. The van der Waals surface area contributed by atoms with Gasteiger partial charge < -0.3 is 9.64 Å². The van der Waals surface area contributed by atoms with Gasteiger partial charge in [0, 0.05) is 18.5 Å². The number of hydrogen-bond donors (Lipinski definition) is 1. The van der Waals surface area contributed by atoms with Crippen LogP contribution in [0.3, 0.4) is 0 Å². The Morgan fingerprint density at radius 2 is 2.19 bits per heavy atom. The molecule has 96 valence electrons. The van der Waals surface area contributed by atoms with E-state index in [4.69, 9.17) is 4.74 Å². The van der Waals surface area contributed by atoms with Gasteiger partial charge in [-0.15, -0.1) is 12.4 Å². The van der Waals surface area contributed by atoms with Gasteiger partial charge in [-0.1, -0.05) is 13.8 Å². The van der Waals surface area contributed by atoms with Crippen molar-refractivity contribution in [3.8, 4) is 0 Å². The van der Waals surface area contributed by atoms with Crippen molar-refractivity contribution in [2.24, 2.45) is 11.3 Å². The molecule has 0 aliphatic carbocycles. The van der Waals surface area contributed by atoms with E-state index in [2.05, 4.69) is 31.1 Å². The van der Waals surface area contributed by atoms with Crippen molar-refractivity contribution in [2.45, 2.75) is 32.9 Å². The lowest BCUT2D eigenvalue weighted by Crippen LogP contribution is -2.48. The second-order valence-electron chi connectivity index (χ2n) is 6.00. The van der Waals surface area contributed by atoms with E-state index in [0.717, 1.165) is 19.1 Å². The molecule has 0 aromatic heterocycles. The van der Waals surface area contributed by atoms with Gasteiger partial charge in [-0.05, 0) is 32.4 Å². The smallest absolute Gasteiger partial charge is 0.108 e. The van der Waals surface area contributed by atoms with Crippen LogP contribution in [0.4, 0.5) is 0 Å². The number of halogens is 1. The summed E-state index contributed by atoms with van der Waals surface area (Å²) in [6, 6.07) is 0. The summed E-state index contributed by atoms with van der Waals surface area (Å²) in [5, 5.41) is 3.51. The topological polar surface area (TPSA) is 24.5 Å². The largest absolute Gasteiger partial charge is 0.363 e. The van der Waals surface area contributed by atoms with Crippen LogP contribution in [0.15, 0.2) is 0 Å². The van der Waals surface area contributed by atoms with Gasteiger partial charge in [0.1, 0.15) is 6.23 Å². The summed E-state index contributed by atoms with van der Waals surface area (Å²) in [6.45, 7) is 8.97. The summed E-state index contributed by atoms with van der Waals surface area (Å²) in [5.41, 5.74) is 0.308. The molecule has 2 rings (SSSR count). The number of likely N-dealkylation sites (tertiary alicyclic amines) is 1. The van der Waals surface area contributed by atoms with E-state index in [-0.39, 0.29) is 12.4 Å². The maximum atomic E-state index is 5.86. The van der Waals surface area contributed by atoms with Crippen molar-refractivity contribution in [1.82, 2.24) is 10.2 Å². The maximum Gasteiger partial charge on any atom is 0.108 e. The third-order valence-electron chi connectivity index (χ3n) is 3.52. The summed E-state index contributed by atoms with van der Waals surface area (Å²) >= 11 is 0. The SMILES string of the molecule is CN1CCC(CC2NCC(C)(C)CO2)C1.Cl. The minimum atomic E-state index is 0. The van der Waals surface area contributed by atoms with Gasteiger partial charge in [0.25, 0.3) is 0 Å². The third-order valence-corrected chi connectivity index (χ3v) is 3.52. The van der Waals surface area contributed by atoms with Crippen LogP contribution in [0.5, 0.6) is 0 Å². The van der Waals surface area contributed by atoms with E-state index in [1.807, 2.05) is 0 Å². The van der Waals surface area contributed by atoms with Crippen molar-refractivity contribution in [3.63, 3.8) is 0 Å². The molecule has 2 unspecified atom stereocenters. The van der Waals surface area contributed by atoms with Crippen LogP contribution < -0.4 is 5.32 Å². The second-order valence-corrected chi connectivity index (χ2v) is 6.00. The predicted molar refractivity (Wildman–Crippen MR) is 69.0 cm³/mol. The highest BCUT2D eigenvalue weighted by atomic mass is 35.5. The molecule has 0 radical (unpaired) electrons. The fraction of sp³-hybridized carbons (Fsp3) is 1.00. The molecule has 16 heavy (non-hydrogen) atoms. The van der Waals surface area contributed by atoms with Crippen LogP contribution in [0.1, 0.15) is 26.7 Å². The van der Waals surface area contributed by atoms with Gasteiger partial charge in [0.15, 0.2) is 0 Å². The highest BCUT2D eigenvalue weighted by Crippen LogP contribution is 2.25. The lowest BCUT2D eigenvalue weighted by molar-refractivity contribution is -0.0666. The van der Waals surface area contributed by atoms with E-state index < -0.39 is 0 Å². The highest BCUT2D eigenvalue weighted by molar-refractivity contribution is 5.85. The second kappa shape index (κ2) is 5.67. The Hall–Kier alpha value is 0.170. The standard InChI is InChI=1S/C12H24N2O.ClH/c1-12(2)8-13-11(15-9-12)6-10-4-5-14(3)7-10;/h10-11,13H,4-9H2,1-3H3;1H. The molecule has 2 aliphatic heterocycles. The molecular weight excluding hydrogens is 224 g/mol. The van der Waals surface area contributed by atoms with E-state index in [0.29, 0.717) is 11.6 Å². The predicted octanol–water partition coefficient (Wildman–Crippen LogP) is 1.72. The fourth-order valence-corrected chi connectivity index (χ4v) is 2.50. The van der Waals surface area contributed by atoms with Crippen molar-refractivity contribution in [3.05, 3.63) is 0 Å². The molecule has 3 nitrogen and oxygen atoms in total. The van der Waals surface area contributed by atoms with Crippen LogP contribution in [0, 0.1) is 11.3 Å².